The summed E-state index contributed by atoms with van der Waals surface area (Å²) in [5.41, 5.74) is 1.71. The van der Waals surface area contributed by atoms with Gasteiger partial charge in [-0.1, -0.05) is 0 Å². The van der Waals surface area contributed by atoms with Gasteiger partial charge in [0.15, 0.2) is 0 Å². The van der Waals surface area contributed by atoms with E-state index in [0.29, 0.717) is 19.8 Å². The highest BCUT2D eigenvalue weighted by atomic mass is 16.5. The summed E-state index contributed by atoms with van der Waals surface area (Å²) in [7, 11) is 0. The lowest BCUT2D eigenvalue weighted by atomic mass is 10.1. The van der Waals surface area contributed by atoms with E-state index in [9.17, 15) is 4.79 Å². The Bertz CT molecular complexity index is 438. The summed E-state index contributed by atoms with van der Waals surface area (Å²) in [5.74, 6) is 0.718. The number of nitrogens with one attached hydrogen (secondary N) is 1. The van der Waals surface area contributed by atoms with E-state index in [4.69, 9.17) is 4.74 Å². The van der Waals surface area contributed by atoms with E-state index in [-0.39, 0.29) is 5.56 Å². The molecule has 1 N–H and O–H groups in total. The molecule has 0 amide bonds. The molecule has 74 valence electrons. The Kier molecular flexibility index (Phi) is 1.61. The number of rotatable bonds is 0. The molecule has 0 bridgehead atoms. The van der Waals surface area contributed by atoms with Gasteiger partial charge in [-0.15, -0.1) is 0 Å². The standard InChI is InChI=1S/C9H11N3O2/c13-8-6-5-14-4-1-7(6)11-9-10-2-3-12(8)9/h1-5H2,(H,10,11). The number of ether oxygens (including phenoxy) is 1. The van der Waals surface area contributed by atoms with E-state index in [2.05, 4.69) is 10.3 Å². The number of hydrogen-bond donors (Lipinski definition) is 1. The van der Waals surface area contributed by atoms with Crippen LogP contribution < -0.4 is 10.9 Å². The molecular weight excluding hydrogens is 182 g/mol. The van der Waals surface area contributed by atoms with E-state index in [1.165, 1.54) is 0 Å². The zero-order valence-electron chi connectivity index (χ0n) is 7.75. The van der Waals surface area contributed by atoms with Gasteiger partial charge in [0, 0.05) is 19.5 Å². The Morgan fingerprint density at radius 3 is 3.36 bits per heavy atom. The smallest absolute Gasteiger partial charge is 0.260 e. The first kappa shape index (κ1) is 7.99. The van der Waals surface area contributed by atoms with Crippen LogP contribution in [0.4, 0.5) is 5.95 Å². The molecule has 0 spiro atoms. The first-order valence-corrected chi connectivity index (χ1v) is 4.80. The van der Waals surface area contributed by atoms with E-state index in [0.717, 1.165) is 30.2 Å². The van der Waals surface area contributed by atoms with Crippen molar-refractivity contribution in [3.8, 4) is 0 Å². The Hall–Kier alpha value is -1.36. The topological polar surface area (TPSA) is 56.2 Å². The van der Waals surface area contributed by atoms with Crippen LogP contribution in [0.5, 0.6) is 0 Å². The monoisotopic (exact) mass is 193 g/mol. The van der Waals surface area contributed by atoms with E-state index >= 15 is 0 Å². The van der Waals surface area contributed by atoms with Crippen LogP contribution in [0, 0.1) is 0 Å². The van der Waals surface area contributed by atoms with Crippen molar-refractivity contribution in [2.45, 2.75) is 19.6 Å². The Morgan fingerprint density at radius 2 is 2.43 bits per heavy atom. The zero-order chi connectivity index (χ0) is 9.54. The van der Waals surface area contributed by atoms with Crippen molar-refractivity contribution in [2.75, 3.05) is 18.5 Å². The van der Waals surface area contributed by atoms with Crippen LogP contribution in [-0.2, 0) is 24.3 Å². The second-order valence-corrected chi connectivity index (χ2v) is 3.55. The summed E-state index contributed by atoms with van der Waals surface area (Å²) in [6, 6.07) is 0. The molecule has 3 heterocycles. The molecule has 0 saturated carbocycles. The van der Waals surface area contributed by atoms with Crippen molar-refractivity contribution in [1.82, 2.24) is 9.55 Å². The first-order chi connectivity index (χ1) is 6.86. The summed E-state index contributed by atoms with van der Waals surface area (Å²) in [5, 5.41) is 3.10. The minimum Gasteiger partial charge on any atom is -0.376 e. The predicted octanol–water partition coefficient (Wildman–Crippen LogP) is -0.259. The van der Waals surface area contributed by atoms with Crippen LogP contribution in [0.25, 0.3) is 0 Å². The molecule has 0 radical (unpaired) electrons. The van der Waals surface area contributed by atoms with Crippen molar-refractivity contribution in [3.05, 3.63) is 21.6 Å². The van der Waals surface area contributed by atoms with Crippen LogP contribution in [0.3, 0.4) is 0 Å². The predicted molar refractivity (Wildman–Crippen MR) is 50.3 cm³/mol. The van der Waals surface area contributed by atoms with Crippen molar-refractivity contribution < 1.29 is 4.74 Å². The van der Waals surface area contributed by atoms with Crippen LogP contribution in [0.15, 0.2) is 4.79 Å². The lowest BCUT2D eigenvalue weighted by Crippen LogP contribution is -2.29. The second kappa shape index (κ2) is 2.81. The molecule has 0 saturated heterocycles. The summed E-state index contributed by atoms with van der Waals surface area (Å²) in [4.78, 5) is 16.3. The number of hydrogen-bond acceptors (Lipinski definition) is 4. The molecule has 0 aromatic carbocycles. The maximum absolute atomic E-state index is 11.9. The number of anilines is 1. The van der Waals surface area contributed by atoms with Gasteiger partial charge in [-0.3, -0.25) is 9.36 Å². The fourth-order valence-corrected chi connectivity index (χ4v) is 1.96. The molecule has 2 aliphatic heterocycles. The Labute approximate surface area is 80.7 Å². The molecule has 0 unspecified atom stereocenters. The summed E-state index contributed by atoms with van der Waals surface area (Å²) >= 11 is 0. The fourth-order valence-electron chi connectivity index (χ4n) is 1.96. The van der Waals surface area contributed by atoms with Gasteiger partial charge >= 0.3 is 0 Å². The normalized spacial score (nSPS) is 18.6. The van der Waals surface area contributed by atoms with Gasteiger partial charge < -0.3 is 10.1 Å². The third-order valence-electron chi connectivity index (χ3n) is 2.70. The first-order valence-electron chi connectivity index (χ1n) is 4.80. The SMILES string of the molecule is O=c1c2c(nc3n1CCN3)CCOC2. The highest BCUT2D eigenvalue weighted by Crippen LogP contribution is 2.15. The molecule has 0 atom stereocenters. The van der Waals surface area contributed by atoms with Gasteiger partial charge in [0.05, 0.1) is 24.5 Å². The quantitative estimate of drug-likeness (QED) is 0.617. The van der Waals surface area contributed by atoms with Crippen molar-refractivity contribution in [1.29, 1.82) is 0 Å². The molecule has 1 aromatic rings. The van der Waals surface area contributed by atoms with Gasteiger partial charge in [0.25, 0.3) is 5.56 Å². The Morgan fingerprint density at radius 1 is 1.50 bits per heavy atom. The number of nitrogens with zero attached hydrogens (tertiary/aromatic N) is 2. The van der Waals surface area contributed by atoms with Gasteiger partial charge in [0.2, 0.25) is 5.95 Å². The summed E-state index contributed by atoms with van der Waals surface area (Å²) in [6.07, 6.45) is 0.750. The maximum atomic E-state index is 11.9. The van der Waals surface area contributed by atoms with Gasteiger partial charge in [-0.25, -0.2) is 4.98 Å². The van der Waals surface area contributed by atoms with Crippen LogP contribution >= 0.6 is 0 Å². The molecule has 5 nitrogen and oxygen atoms in total. The van der Waals surface area contributed by atoms with Crippen LogP contribution in [-0.4, -0.2) is 22.7 Å². The fraction of sp³-hybridized carbons (Fsp3) is 0.556. The molecule has 2 aliphatic rings. The average Bonchev–Trinajstić information content (AvgIpc) is 2.66. The summed E-state index contributed by atoms with van der Waals surface area (Å²) < 4.78 is 6.95. The van der Waals surface area contributed by atoms with Gasteiger partial charge in [0.1, 0.15) is 0 Å². The maximum Gasteiger partial charge on any atom is 0.260 e. The third kappa shape index (κ3) is 0.988. The molecule has 14 heavy (non-hydrogen) atoms. The van der Waals surface area contributed by atoms with Crippen molar-refractivity contribution >= 4 is 5.95 Å². The van der Waals surface area contributed by atoms with E-state index < -0.39 is 0 Å². The Balaban J connectivity index is 2.25. The van der Waals surface area contributed by atoms with Crippen LogP contribution in [0.1, 0.15) is 11.3 Å². The molecular formula is C9H11N3O2. The van der Waals surface area contributed by atoms with Crippen molar-refractivity contribution in [2.24, 2.45) is 0 Å². The van der Waals surface area contributed by atoms with E-state index in [1.54, 1.807) is 4.57 Å². The van der Waals surface area contributed by atoms with Crippen LogP contribution in [0.2, 0.25) is 0 Å². The molecule has 1 aromatic heterocycles. The highest BCUT2D eigenvalue weighted by Gasteiger charge is 2.21. The minimum atomic E-state index is 0.0645. The molecule has 0 aliphatic carbocycles. The van der Waals surface area contributed by atoms with Gasteiger partial charge in [-0.05, 0) is 0 Å². The second-order valence-electron chi connectivity index (χ2n) is 3.55. The highest BCUT2D eigenvalue weighted by molar-refractivity contribution is 5.35. The zero-order valence-corrected chi connectivity index (χ0v) is 7.75. The molecule has 0 fully saturated rings. The lowest BCUT2D eigenvalue weighted by Gasteiger charge is -2.16. The van der Waals surface area contributed by atoms with Gasteiger partial charge in [-0.2, -0.15) is 0 Å². The molecule has 3 rings (SSSR count). The lowest BCUT2D eigenvalue weighted by molar-refractivity contribution is 0.107. The third-order valence-corrected chi connectivity index (χ3v) is 2.70. The van der Waals surface area contributed by atoms with E-state index in [1.807, 2.05) is 0 Å². The number of fused-ring (bicyclic) bond motifs is 2. The average molecular weight is 193 g/mol. The largest absolute Gasteiger partial charge is 0.376 e. The summed E-state index contributed by atoms with van der Waals surface area (Å²) in [6.45, 7) is 2.60. The minimum absolute atomic E-state index is 0.0645. The molecule has 5 heteroatoms. The van der Waals surface area contributed by atoms with Crippen molar-refractivity contribution in [3.63, 3.8) is 0 Å². The number of aromatic nitrogens is 2.